The van der Waals surface area contributed by atoms with Crippen LogP contribution in [0.2, 0.25) is 0 Å². The van der Waals surface area contributed by atoms with Crippen LogP contribution in [0, 0.1) is 5.82 Å². The van der Waals surface area contributed by atoms with E-state index in [1.165, 1.54) is 17.0 Å². The van der Waals surface area contributed by atoms with Gasteiger partial charge in [-0.2, -0.15) is 0 Å². The predicted octanol–water partition coefficient (Wildman–Crippen LogP) is 2.03. The molecular formula is C25H27FN4O4. The van der Waals surface area contributed by atoms with Crippen molar-refractivity contribution < 1.29 is 26.3 Å². The van der Waals surface area contributed by atoms with Crippen molar-refractivity contribution in [2.75, 3.05) is 31.6 Å². The standard InChI is InChI=1S/C25H27FN4O4/c26-20-5-4-16(14-29-8-10-34-11-9-29)12-17(20)13-27-21-3-1-2-18-19(21)15-30(25(18)33)22-6-7-23(31)28-24(22)32/h1-5,12,22,27H,6-11,13-15H2,(H,28,31,32)/i13D2. The number of carbonyl (C=O) groups excluding carboxylic acids is 3. The summed E-state index contributed by atoms with van der Waals surface area (Å²) in [5.74, 6) is -1.92. The number of amides is 3. The van der Waals surface area contributed by atoms with Gasteiger partial charge in [0.25, 0.3) is 5.91 Å². The van der Waals surface area contributed by atoms with E-state index in [4.69, 9.17) is 7.48 Å². The van der Waals surface area contributed by atoms with Gasteiger partial charge in [0.15, 0.2) is 0 Å². The number of fused-ring (bicyclic) bond motifs is 1. The van der Waals surface area contributed by atoms with Gasteiger partial charge < -0.3 is 15.0 Å². The Morgan fingerprint density at radius 1 is 1.18 bits per heavy atom. The fourth-order valence-electron chi connectivity index (χ4n) is 4.62. The lowest BCUT2D eigenvalue weighted by Crippen LogP contribution is -2.52. The number of nitrogens with one attached hydrogen (secondary N) is 2. The molecular weight excluding hydrogens is 439 g/mol. The monoisotopic (exact) mass is 468 g/mol. The summed E-state index contributed by atoms with van der Waals surface area (Å²) in [6, 6.07) is 8.55. The average Bonchev–Trinajstić information content (AvgIpc) is 3.18. The van der Waals surface area contributed by atoms with Gasteiger partial charge in [-0.05, 0) is 36.2 Å². The molecule has 5 rings (SSSR count). The molecule has 34 heavy (non-hydrogen) atoms. The predicted molar refractivity (Wildman–Crippen MR) is 122 cm³/mol. The van der Waals surface area contributed by atoms with Crippen molar-refractivity contribution in [1.82, 2.24) is 15.1 Å². The minimum absolute atomic E-state index is 0.0826. The number of benzene rings is 2. The minimum Gasteiger partial charge on any atom is -0.381 e. The van der Waals surface area contributed by atoms with Crippen LogP contribution in [0.25, 0.3) is 0 Å². The number of carbonyl (C=O) groups is 3. The van der Waals surface area contributed by atoms with Gasteiger partial charge in [-0.3, -0.25) is 24.6 Å². The molecule has 9 heteroatoms. The number of hydrogen-bond donors (Lipinski definition) is 2. The van der Waals surface area contributed by atoms with Gasteiger partial charge >= 0.3 is 0 Å². The number of morpholine rings is 1. The van der Waals surface area contributed by atoms with Crippen LogP contribution < -0.4 is 10.6 Å². The number of anilines is 1. The van der Waals surface area contributed by atoms with Crippen molar-refractivity contribution in [3.05, 3.63) is 64.5 Å². The molecule has 3 heterocycles. The van der Waals surface area contributed by atoms with Crippen molar-refractivity contribution in [2.45, 2.75) is 38.5 Å². The van der Waals surface area contributed by atoms with E-state index in [0.717, 1.165) is 18.7 Å². The largest absolute Gasteiger partial charge is 0.381 e. The Hall–Kier alpha value is -3.30. The van der Waals surface area contributed by atoms with Gasteiger partial charge in [-0.1, -0.05) is 12.1 Å². The molecule has 0 aromatic heterocycles. The van der Waals surface area contributed by atoms with Gasteiger partial charge in [0, 0.05) is 61.5 Å². The average molecular weight is 469 g/mol. The fraction of sp³-hybridized carbons (Fsp3) is 0.400. The van der Waals surface area contributed by atoms with E-state index < -0.39 is 24.3 Å². The lowest BCUT2D eigenvalue weighted by molar-refractivity contribution is -0.136. The van der Waals surface area contributed by atoms with Crippen molar-refractivity contribution in [3.63, 3.8) is 0 Å². The second kappa shape index (κ2) is 9.52. The van der Waals surface area contributed by atoms with Gasteiger partial charge in [-0.25, -0.2) is 4.39 Å². The van der Waals surface area contributed by atoms with Crippen molar-refractivity contribution >= 4 is 23.4 Å². The maximum Gasteiger partial charge on any atom is 0.255 e. The second-order valence-corrected chi connectivity index (χ2v) is 8.68. The summed E-state index contributed by atoms with van der Waals surface area (Å²) < 4.78 is 37.5. The number of imide groups is 1. The molecule has 0 saturated carbocycles. The maximum atomic E-state index is 14.8. The third kappa shape index (κ3) is 4.53. The molecule has 3 aliphatic rings. The molecule has 1 atom stereocenters. The first-order chi connectivity index (χ1) is 17.2. The van der Waals surface area contributed by atoms with Crippen LogP contribution in [0.4, 0.5) is 10.1 Å². The fourth-order valence-corrected chi connectivity index (χ4v) is 4.62. The third-order valence-electron chi connectivity index (χ3n) is 6.45. The molecule has 0 spiro atoms. The zero-order valence-electron chi connectivity index (χ0n) is 20.6. The van der Waals surface area contributed by atoms with E-state index >= 15 is 0 Å². The van der Waals surface area contributed by atoms with Gasteiger partial charge in [-0.15, -0.1) is 0 Å². The highest BCUT2D eigenvalue weighted by Gasteiger charge is 2.39. The van der Waals surface area contributed by atoms with Gasteiger partial charge in [0.2, 0.25) is 11.8 Å². The Bertz CT molecular complexity index is 1220. The van der Waals surface area contributed by atoms with Crippen LogP contribution in [0.3, 0.4) is 0 Å². The third-order valence-corrected chi connectivity index (χ3v) is 6.45. The zero-order valence-corrected chi connectivity index (χ0v) is 18.6. The van der Waals surface area contributed by atoms with Crippen molar-refractivity contribution in [2.24, 2.45) is 0 Å². The van der Waals surface area contributed by atoms with E-state index in [-0.39, 0.29) is 36.8 Å². The molecule has 2 N–H and O–H groups in total. The summed E-state index contributed by atoms with van der Waals surface area (Å²) in [4.78, 5) is 40.5. The van der Waals surface area contributed by atoms with Crippen LogP contribution in [0.5, 0.6) is 0 Å². The van der Waals surface area contributed by atoms with Crippen LogP contribution in [0.15, 0.2) is 36.4 Å². The molecule has 3 amide bonds. The number of hydrogen-bond acceptors (Lipinski definition) is 6. The Labute approximate surface area is 199 Å². The molecule has 0 aliphatic carbocycles. The van der Waals surface area contributed by atoms with Crippen molar-refractivity contribution in [3.8, 4) is 0 Å². The Morgan fingerprint density at radius 2 is 2.00 bits per heavy atom. The van der Waals surface area contributed by atoms with Crippen molar-refractivity contribution in [1.29, 1.82) is 0 Å². The molecule has 0 radical (unpaired) electrons. The normalized spacial score (nSPS) is 22.2. The molecule has 0 bridgehead atoms. The molecule has 2 saturated heterocycles. The van der Waals surface area contributed by atoms with Crippen LogP contribution >= 0.6 is 0 Å². The SMILES string of the molecule is [2H]C([2H])(Nc1cccc2c1CN(C1CCC(=O)NC1=O)C2=O)c1cc(CN2CCOCC2)ccc1F. The van der Waals surface area contributed by atoms with E-state index in [1.54, 1.807) is 24.3 Å². The Morgan fingerprint density at radius 3 is 2.79 bits per heavy atom. The first-order valence-electron chi connectivity index (χ1n) is 12.4. The van der Waals surface area contributed by atoms with E-state index in [0.29, 0.717) is 36.6 Å². The highest BCUT2D eigenvalue weighted by molar-refractivity contribution is 6.06. The molecule has 2 fully saturated rings. The first-order valence-corrected chi connectivity index (χ1v) is 11.4. The van der Waals surface area contributed by atoms with Gasteiger partial charge in [0.1, 0.15) is 11.9 Å². The second-order valence-electron chi connectivity index (χ2n) is 8.68. The van der Waals surface area contributed by atoms with Crippen LogP contribution in [-0.2, 0) is 33.9 Å². The molecule has 178 valence electrons. The number of nitrogens with zero attached hydrogens (tertiary/aromatic N) is 2. The molecule has 3 aliphatic heterocycles. The Kier molecular flexibility index (Phi) is 5.63. The molecule has 8 nitrogen and oxygen atoms in total. The van der Waals surface area contributed by atoms with E-state index in [1.807, 2.05) is 0 Å². The number of ether oxygens (including phenoxy) is 1. The zero-order chi connectivity index (χ0) is 25.4. The highest BCUT2D eigenvalue weighted by Crippen LogP contribution is 2.32. The molecule has 2 aromatic rings. The Balaban J connectivity index is 1.38. The summed E-state index contributed by atoms with van der Waals surface area (Å²) in [7, 11) is 0. The number of rotatable bonds is 6. The highest BCUT2D eigenvalue weighted by atomic mass is 19.1. The van der Waals surface area contributed by atoms with E-state index in [9.17, 15) is 18.8 Å². The van der Waals surface area contributed by atoms with Crippen LogP contribution in [0.1, 0.15) is 42.6 Å². The number of halogens is 1. The quantitative estimate of drug-likeness (QED) is 0.631. The minimum atomic E-state index is -2.27. The lowest BCUT2D eigenvalue weighted by atomic mass is 10.0. The van der Waals surface area contributed by atoms with Crippen LogP contribution in [-0.4, -0.2) is 59.9 Å². The summed E-state index contributed by atoms with van der Waals surface area (Å²) in [5.41, 5.74) is 1.88. The summed E-state index contributed by atoms with van der Waals surface area (Å²) >= 11 is 0. The maximum absolute atomic E-state index is 14.8. The first kappa shape index (κ1) is 20.1. The molecule has 2 aromatic carbocycles. The summed E-state index contributed by atoms with van der Waals surface area (Å²) in [6.45, 7) is 1.14. The topological polar surface area (TPSA) is 91.0 Å². The lowest BCUT2D eigenvalue weighted by Gasteiger charge is -2.29. The molecule has 1 unspecified atom stereocenters. The summed E-state index contributed by atoms with van der Waals surface area (Å²) in [5, 5.41) is 5.06. The smallest absolute Gasteiger partial charge is 0.255 e. The van der Waals surface area contributed by atoms with Gasteiger partial charge in [0.05, 0.1) is 16.0 Å². The van der Waals surface area contributed by atoms with E-state index in [2.05, 4.69) is 15.5 Å². The summed E-state index contributed by atoms with van der Waals surface area (Å²) in [6.07, 6.45) is 0.374. The number of piperidine rings is 1.